The van der Waals surface area contributed by atoms with Gasteiger partial charge in [-0.05, 0) is 29.0 Å². The highest BCUT2D eigenvalue weighted by molar-refractivity contribution is 5.71. The Labute approximate surface area is 146 Å². The Hall–Kier alpha value is -2.54. The second-order valence-electron chi connectivity index (χ2n) is 6.75. The molecule has 0 radical (unpaired) electrons. The van der Waals surface area contributed by atoms with Crippen LogP contribution in [0.3, 0.4) is 0 Å². The molecule has 0 amide bonds. The van der Waals surface area contributed by atoms with Gasteiger partial charge in [-0.25, -0.2) is 0 Å². The van der Waals surface area contributed by atoms with Crippen LogP contribution in [0.2, 0.25) is 0 Å². The minimum Gasteiger partial charge on any atom is -0.481 e. The summed E-state index contributed by atoms with van der Waals surface area (Å²) in [5, 5.41) is 27.1. The van der Waals surface area contributed by atoms with Gasteiger partial charge in [0.05, 0.1) is 5.92 Å². The van der Waals surface area contributed by atoms with E-state index in [1.54, 1.807) is 0 Å². The van der Waals surface area contributed by atoms with Crippen LogP contribution in [0.15, 0.2) is 30.3 Å². The molecule has 0 unspecified atom stereocenters. The van der Waals surface area contributed by atoms with Crippen molar-refractivity contribution in [2.24, 2.45) is 11.8 Å². The third kappa shape index (κ3) is 3.93. The molecule has 1 aliphatic rings. The first-order valence-corrected chi connectivity index (χ1v) is 8.51. The lowest BCUT2D eigenvalue weighted by atomic mass is 9.79. The maximum absolute atomic E-state index is 11.8. The maximum Gasteiger partial charge on any atom is 0.307 e. The number of hydrogen-bond acceptors (Lipinski definition) is 5. The maximum atomic E-state index is 11.8. The van der Waals surface area contributed by atoms with Gasteiger partial charge >= 0.3 is 5.97 Å². The van der Waals surface area contributed by atoms with Crippen molar-refractivity contribution in [3.63, 3.8) is 0 Å². The van der Waals surface area contributed by atoms with Crippen LogP contribution in [-0.2, 0) is 11.2 Å². The fraction of sp³-hybridized carbons (Fsp3) is 0.444. The summed E-state index contributed by atoms with van der Waals surface area (Å²) in [4.78, 5) is 11.8. The number of carboxylic acids is 1. The van der Waals surface area contributed by atoms with Crippen LogP contribution in [0.25, 0.3) is 5.57 Å². The number of hydrogen-bond donors (Lipinski definition) is 3. The summed E-state index contributed by atoms with van der Waals surface area (Å²) in [6, 6.07) is 8.29. The third-order valence-electron chi connectivity index (χ3n) is 4.72. The van der Waals surface area contributed by atoms with Crippen molar-refractivity contribution in [3.8, 4) is 0 Å². The first kappa shape index (κ1) is 17.3. The average molecular weight is 341 g/mol. The van der Waals surface area contributed by atoms with Gasteiger partial charge in [0, 0.05) is 19.0 Å². The second-order valence-corrected chi connectivity index (χ2v) is 6.75. The van der Waals surface area contributed by atoms with Gasteiger partial charge < -0.3 is 10.4 Å². The van der Waals surface area contributed by atoms with E-state index >= 15 is 0 Å². The van der Waals surface area contributed by atoms with Crippen LogP contribution in [0.1, 0.15) is 36.7 Å². The van der Waals surface area contributed by atoms with E-state index in [1.807, 2.05) is 13.8 Å². The van der Waals surface area contributed by atoms with Gasteiger partial charge in [-0.2, -0.15) is 5.21 Å². The number of nitrogens with one attached hydrogen (secondary N) is 2. The topological polar surface area (TPSA) is 104 Å². The Kier molecular flexibility index (Phi) is 5.23. The molecule has 7 heteroatoms. The molecule has 0 saturated heterocycles. The van der Waals surface area contributed by atoms with Gasteiger partial charge in [0.1, 0.15) is 0 Å². The van der Waals surface area contributed by atoms with Gasteiger partial charge in [0.15, 0.2) is 5.82 Å². The fourth-order valence-electron chi connectivity index (χ4n) is 3.43. The number of benzene rings is 1. The van der Waals surface area contributed by atoms with E-state index in [0.717, 1.165) is 18.7 Å². The third-order valence-corrected chi connectivity index (χ3v) is 4.72. The van der Waals surface area contributed by atoms with Crippen molar-refractivity contribution >= 4 is 11.5 Å². The summed E-state index contributed by atoms with van der Waals surface area (Å²) in [6.07, 6.45) is 2.75. The van der Waals surface area contributed by atoms with Crippen molar-refractivity contribution in [1.29, 1.82) is 0 Å². The zero-order valence-corrected chi connectivity index (χ0v) is 14.4. The molecule has 1 aromatic heterocycles. The largest absolute Gasteiger partial charge is 0.481 e. The van der Waals surface area contributed by atoms with E-state index < -0.39 is 11.9 Å². The van der Waals surface area contributed by atoms with Crippen molar-refractivity contribution in [1.82, 2.24) is 25.9 Å². The molecule has 0 bridgehead atoms. The zero-order chi connectivity index (χ0) is 17.8. The minimum atomic E-state index is -0.830. The lowest BCUT2D eigenvalue weighted by Crippen LogP contribution is -2.29. The Balaban J connectivity index is 1.83. The molecule has 0 fully saturated rings. The summed E-state index contributed by atoms with van der Waals surface area (Å²) in [7, 11) is 0. The smallest absolute Gasteiger partial charge is 0.307 e. The van der Waals surface area contributed by atoms with Gasteiger partial charge in [-0.3, -0.25) is 4.79 Å². The molecule has 2 aromatic rings. The molecule has 3 N–H and O–H groups in total. The Bertz CT molecular complexity index is 737. The molecule has 7 nitrogen and oxygen atoms in total. The number of aliphatic carboxylic acids is 1. The summed E-state index contributed by atoms with van der Waals surface area (Å²) in [5.41, 5.74) is 3.56. The fourth-order valence-corrected chi connectivity index (χ4v) is 3.43. The Morgan fingerprint density at radius 3 is 2.56 bits per heavy atom. The SMILES string of the molecule is CC(C)[C@H](C(=O)O)[C@H](Cc1ccc(C2=CCNC2)cc1)c1nn[nH]n1. The van der Waals surface area contributed by atoms with Gasteiger partial charge in [0.2, 0.25) is 0 Å². The molecule has 2 heterocycles. The van der Waals surface area contributed by atoms with E-state index in [1.165, 1.54) is 11.1 Å². The first-order chi connectivity index (χ1) is 12.1. The molecule has 2 atom stereocenters. The standard InChI is InChI=1S/C18H23N5O2/c1-11(2)16(18(24)25)15(17-20-22-23-21-17)9-12-3-5-13(6-4-12)14-7-8-19-10-14/h3-7,11,15-16,19H,8-10H2,1-2H3,(H,24,25)(H,20,21,22,23)/t15-,16-/m0/s1. The quantitative estimate of drug-likeness (QED) is 0.710. The number of rotatable bonds is 7. The average Bonchev–Trinajstić information content (AvgIpc) is 3.28. The molecule has 25 heavy (non-hydrogen) atoms. The van der Waals surface area contributed by atoms with Gasteiger partial charge in [-0.15, -0.1) is 10.2 Å². The molecule has 3 rings (SSSR count). The van der Waals surface area contributed by atoms with Gasteiger partial charge in [-0.1, -0.05) is 49.4 Å². The highest BCUT2D eigenvalue weighted by atomic mass is 16.4. The first-order valence-electron chi connectivity index (χ1n) is 8.51. The summed E-state index contributed by atoms with van der Waals surface area (Å²) >= 11 is 0. The minimum absolute atomic E-state index is 0.0324. The lowest BCUT2D eigenvalue weighted by Gasteiger charge is -2.24. The lowest BCUT2D eigenvalue weighted by molar-refractivity contribution is -0.144. The summed E-state index contributed by atoms with van der Waals surface area (Å²) in [5.74, 6) is -1.31. The molecule has 132 valence electrons. The monoisotopic (exact) mass is 341 g/mol. The van der Waals surface area contributed by atoms with E-state index in [9.17, 15) is 9.90 Å². The molecule has 1 aliphatic heterocycles. The van der Waals surface area contributed by atoms with E-state index in [2.05, 4.69) is 56.3 Å². The molecular weight excluding hydrogens is 318 g/mol. The Morgan fingerprint density at radius 1 is 1.28 bits per heavy atom. The van der Waals surface area contributed by atoms with E-state index in [4.69, 9.17) is 0 Å². The highest BCUT2D eigenvalue weighted by Gasteiger charge is 2.34. The number of H-pyrrole nitrogens is 1. The Morgan fingerprint density at radius 2 is 2.04 bits per heavy atom. The number of tetrazole rings is 1. The normalized spacial score (nSPS) is 16.7. The number of carbonyl (C=O) groups is 1. The zero-order valence-electron chi connectivity index (χ0n) is 14.4. The molecule has 0 saturated carbocycles. The molecule has 0 aliphatic carbocycles. The predicted molar refractivity (Wildman–Crippen MR) is 93.9 cm³/mol. The van der Waals surface area contributed by atoms with Crippen molar-refractivity contribution in [2.45, 2.75) is 26.2 Å². The van der Waals surface area contributed by atoms with Crippen molar-refractivity contribution in [3.05, 3.63) is 47.3 Å². The second kappa shape index (κ2) is 7.57. The van der Waals surface area contributed by atoms with Crippen molar-refractivity contribution in [2.75, 3.05) is 13.1 Å². The van der Waals surface area contributed by atoms with Crippen molar-refractivity contribution < 1.29 is 9.90 Å². The van der Waals surface area contributed by atoms with Crippen LogP contribution in [-0.4, -0.2) is 44.8 Å². The van der Waals surface area contributed by atoms with E-state index in [0.29, 0.717) is 12.2 Å². The summed E-state index contributed by atoms with van der Waals surface area (Å²) < 4.78 is 0. The predicted octanol–water partition coefficient (Wildman–Crippen LogP) is 1.87. The van der Waals surface area contributed by atoms with Crippen LogP contribution in [0.4, 0.5) is 0 Å². The highest BCUT2D eigenvalue weighted by Crippen LogP contribution is 2.32. The molecule has 1 aromatic carbocycles. The number of aromatic nitrogens is 4. The number of nitrogens with zero attached hydrogens (tertiary/aromatic N) is 3. The molecular formula is C18H23N5O2. The van der Waals surface area contributed by atoms with Crippen LogP contribution >= 0.6 is 0 Å². The van der Waals surface area contributed by atoms with Crippen LogP contribution in [0, 0.1) is 11.8 Å². The van der Waals surface area contributed by atoms with Crippen LogP contribution in [0.5, 0.6) is 0 Å². The van der Waals surface area contributed by atoms with E-state index in [-0.39, 0.29) is 11.8 Å². The number of aromatic amines is 1. The summed E-state index contributed by atoms with van der Waals surface area (Å²) in [6.45, 7) is 5.62. The van der Waals surface area contributed by atoms with Gasteiger partial charge in [0.25, 0.3) is 0 Å². The number of carboxylic acid groups (broad SMARTS) is 1. The molecule has 0 spiro atoms. The van der Waals surface area contributed by atoms with Crippen LogP contribution < -0.4 is 5.32 Å².